The van der Waals surface area contributed by atoms with Crippen molar-refractivity contribution in [2.45, 2.75) is 32.4 Å². The molecular formula is C33H29F2N5O. The number of piperidine rings is 1. The SMILES string of the molecule is Cc1nn(-c2cccc(F)c2)c2ccc(OC3CCN(c4nc5ccccc5n4Cc4cccc(F)c4)CC3)cc12. The molecule has 0 bridgehead atoms. The summed E-state index contributed by atoms with van der Waals surface area (Å²) in [4.78, 5) is 7.26. The highest BCUT2D eigenvalue weighted by Crippen LogP contribution is 2.30. The van der Waals surface area contributed by atoms with Gasteiger partial charge in [-0.2, -0.15) is 5.10 Å². The summed E-state index contributed by atoms with van der Waals surface area (Å²) in [6, 6.07) is 27.3. The minimum atomic E-state index is -0.292. The van der Waals surface area contributed by atoms with Crippen molar-refractivity contribution in [1.29, 1.82) is 0 Å². The van der Waals surface area contributed by atoms with Crippen molar-refractivity contribution in [2.24, 2.45) is 0 Å². The van der Waals surface area contributed by atoms with E-state index in [0.717, 1.165) is 70.8 Å². The number of fused-ring (bicyclic) bond motifs is 2. The third kappa shape index (κ3) is 4.90. The number of hydrogen-bond acceptors (Lipinski definition) is 4. The fourth-order valence-electron chi connectivity index (χ4n) is 5.77. The van der Waals surface area contributed by atoms with Gasteiger partial charge in [0.2, 0.25) is 5.95 Å². The van der Waals surface area contributed by atoms with Gasteiger partial charge in [-0.25, -0.2) is 18.4 Å². The van der Waals surface area contributed by atoms with Crippen LogP contribution in [0.5, 0.6) is 5.75 Å². The highest BCUT2D eigenvalue weighted by Gasteiger charge is 2.25. The highest BCUT2D eigenvalue weighted by molar-refractivity contribution is 5.85. The van der Waals surface area contributed by atoms with E-state index < -0.39 is 0 Å². The molecule has 0 amide bonds. The Labute approximate surface area is 236 Å². The molecule has 0 N–H and O–H groups in total. The first kappa shape index (κ1) is 25.3. The number of benzene rings is 4. The van der Waals surface area contributed by atoms with Gasteiger partial charge in [0.25, 0.3) is 0 Å². The zero-order valence-corrected chi connectivity index (χ0v) is 22.7. The molecule has 1 aliphatic rings. The third-order valence-corrected chi connectivity index (χ3v) is 7.78. The molecule has 6 aromatic rings. The molecule has 1 aliphatic heterocycles. The van der Waals surface area contributed by atoms with Crippen LogP contribution in [0.1, 0.15) is 24.1 Å². The average Bonchev–Trinajstić information content (AvgIpc) is 3.51. The minimum Gasteiger partial charge on any atom is -0.490 e. The fraction of sp³-hybridized carbons (Fsp3) is 0.212. The Morgan fingerprint density at radius 1 is 0.829 bits per heavy atom. The Hall–Kier alpha value is -4.72. The maximum atomic E-state index is 13.9. The van der Waals surface area contributed by atoms with Crippen molar-refractivity contribution in [3.63, 3.8) is 0 Å². The van der Waals surface area contributed by atoms with Gasteiger partial charge in [0.05, 0.1) is 34.5 Å². The molecule has 41 heavy (non-hydrogen) atoms. The summed E-state index contributed by atoms with van der Waals surface area (Å²) in [5, 5.41) is 5.63. The topological polar surface area (TPSA) is 48.1 Å². The zero-order valence-electron chi connectivity index (χ0n) is 22.7. The van der Waals surface area contributed by atoms with Gasteiger partial charge in [-0.3, -0.25) is 0 Å². The van der Waals surface area contributed by atoms with Gasteiger partial charge in [0.1, 0.15) is 23.5 Å². The van der Waals surface area contributed by atoms with Crippen molar-refractivity contribution >= 4 is 27.9 Å². The number of ether oxygens (including phenoxy) is 1. The number of para-hydroxylation sites is 2. The summed E-state index contributed by atoms with van der Waals surface area (Å²) in [5.41, 5.74) is 5.33. The number of aromatic nitrogens is 4. The Morgan fingerprint density at radius 2 is 1.61 bits per heavy atom. The summed E-state index contributed by atoms with van der Waals surface area (Å²) in [6.45, 7) is 4.11. The molecule has 6 nitrogen and oxygen atoms in total. The highest BCUT2D eigenvalue weighted by atomic mass is 19.1. The van der Waals surface area contributed by atoms with Crippen LogP contribution < -0.4 is 9.64 Å². The predicted molar refractivity (Wildman–Crippen MR) is 157 cm³/mol. The summed E-state index contributed by atoms with van der Waals surface area (Å²) in [7, 11) is 0. The molecule has 206 valence electrons. The molecule has 0 unspecified atom stereocenters. The number of nitrogens with zero attached hydrogens (tertiary/aromatic N) is 5. The van der Waals surface area contributed by atoms with Crippen molar-refractivity contribution in [1.82, 2.24) is 19.3 Å². The van der Waals surface area contributed by atoms with Crippen molar-refractivity contribution in [3.05, 3.63) is 114 Å². The Morgan fingerprint density at radius 3 is 2.41 bits per heavy atom. The Balaban J connectivity index is 1.08. The lowest BCUT2D eigenvalue weighted by molar-refractivity contribution is 0.170. The number of imidazole rings is 1. The number of aryl methyl sites for hydroxylation is 1. The van der Waals surface area contributed by atoms with E-state index >= 15 is 0 Å². The van der Waals surface area contributed by atoms with Gasteiger partial charge in [0, 0.05) is 31.3 Å². The molecule has 1 saturated heterocycles. The first-order valence-corrected chi connectivity index (χ1v) is 13.9. The van der Waals surface area contributed by atoms with E-state index in [0.29, 0.717) is 12.2 Å². The van der Waals surface area contributed by atoms with E-state index in [-0.39, 0.29) is 17.7 Å². The van der Waals surface area contributed by atoms with Crippen LogP contribution in [-0.2, 0) is 6.54 Å². The molecule has 2 aromatic heterocycles. The van der Waals surface area contributed by atoms with E-state index in [1.54, 1.807) is 22.9 Å². The number of halogens is 2. The van der Waals surface area contributed by atoms with Crippen LogP contribution in [0.3, 0.4) is 0 Å². The normalized spacial score (nSPS) is 14.3. The fourth-order valence-corrected chi connectivity index (χ4v) is 5.77. The van der Waals surface area contributed by atoms with Gasteiger partial charge < -0.3 is 14.2 Å². The lowest BCUT2D eigenvalue weighted by Gasteiger charge is -2.33. The van der Waals surface area contributed by atoms with Gasteiger partial charge >= 0.3 is 0 Å². The number of hydrogen-bond donors (Lipinski definition) is 0. The lowest BCUT2D eigenvalue weighted by Crippen LogP contribution is -2.39. The predicted octanol–water partition coefficient (Wildman–Crippen LogP) is 7.06. The van der Waals surface area contributed by atoms with E-state index in [4.69, 9.17) is 9.72 Å². The van der Waals surface area contributed by atoms with E-state index in [9.17, 15) is 8.78 Å². The quantitative estimate of drug-likeness (QED) is 0.223. The molecule has 0 spiro atoms. The zero-order chi connectivity index (χ0) is 27.9. The lowest BCUT2D eigenvalue weighted by atomic mass is 10.1. The van der Waals surface area contributed by atoms with Crippen LogP contribution in [0.25, 0.3) is 27.6 Å². The molecule has 7 rings (SSSR count). The van der Waals surface area contributed by atoms with Crippen molar-refractivity contribution in [3.8, 4) is 11.4 Å². The van der Waals surface area contributed by atoms with Gasteiger partial charge in [0.15, 0.2) is 0 Å². The standard InChI is InChI=1S/C33H29F2N5O/c1-22-29-20-28(12-13-31(29)40(37-22)26-9-5-8-25(35)19-26)41-27-14-16-38(17-15-27)33-36-30-10-2-3-11-32(30)39(33)21-23-6-4-7-24(34)18-23/h2-13,18-20,27H,14-17,21H2,1H3. The third-order valence-electron chi connectivity index (χ3n) is 7.78. The molecular weight excluding hydrogens is 520 g/mol. The minimum absolute atomic E-state index is 0.0725. The average molecular weight is 550 g/mol. The smallest absolute Gasteiger partial charge is 0.206 e. The molecule has 1 fully saturated rings. The second-order valence-electron chi connectivity index (χ2n) is 10.6. The van der Waals surface area contributed by atoms with Gasteiger partial charge in [-0.1, -0.05) is 30.3 Å². The monoisotopic (exact) mass is 549 g/mol. The summed E-state index contributed by atoms with van der Waals surface area (Å²) in [6.07, 6.45) is 1.77. The number of rotatable bonds is 6. The van der Waals surface area contributed by atoms with Crippen LogP contribution >= 0.6 is 0 Å². The molecule has 4 aromatic carbocycles. The number of anilines is 1. The maximum absolute atomic E-state index is 13.9. The Kier molecular flexibility index (Phi) is 6.38. The van der Waals surface area contributed by atoms with Crippen LogP contribution in [-0.4, -0.2) is 38.5 Å². The largest absolute Gasteiger partial charge is 0.490 e. The van der Waals surface area contributed by atoms with Crippen LogP contribution in [0.15, 0.2) is 91.0 Å². The molecule has 0 atom stereocenters. The first-order valence-electron chi connectivity index (χ1n) is 13.9. The second-order valence-corrected chi connectivity index (χ2v) is 10.6. The van der Waals surface area contributed by atoms with Crippen LogP contribution in [0, 0.1) is 18.6 Å². The maximum Gasteiger partial charge on any atom is 0.206 e. The summed E-state index contributed by atoms with van der Waals surface area (Å²) in [5.74, 6) is 1.17. The molecule has 8 heteroatoms. The second kappa shape index (κ2) is 10.4. The molecule has 0 saturated carbocycles. The van der Waals surface area contributed by atoms with E-state index in [2.05, 4.69) is 20.6 Å². The van der Waals surface area contributed by atoms with E-state index in [1.165, 1.54) is 18.2 Å². The van der Waals surface area contributed by atoms with Gasteiger partial charge in [-0.05, 0) is 73.2 Å². The van der Waals surface area contributed by atoms with Gasteiger partial charge in [-0.15, -0.1) is 0 Å². The first-order chi connectivity index (χ1) is 20.0. The van der Waals surface area contributed by atoms with Crippen LogP contribution in [0.4, 0.5) is 14.7 Å². The van der Waals surface area contributed by atoms with Crippen molar-refractivity contribution < 1.29 is 13.5 Å². The van der Waals surface area contributed by atoms with Crippen molar-refractivity contribution in [2.75, 3.05) is 18.0 Å². The molecule has 3 heterocycles. The Bertz CT molecular complexity index is 1870. The molecule has 0 radical (unpaired) electrons. The van der Waals surface area contributed by atoms with E-state index in [1.807, 2.05) is 55.5 Å². The molecule has 0 aliphatic carbocycles. The summed E-state index contributed by atoms with van der Waals surface area (Å²) >= 11 is 0. The van der Waals surface area contributed by atoms with Crippen LogP contribution in [0.2, 0.25) is 0 Å². The summed E-state index contributed by atoms with van der Waals surface area (Å²) < 4.78 is 38.1.